The van der Waals surface area contributed by atoms with E-state index in [1.807, 2.05) is 18.7 Å². The second-order valence-electron chi connectivity index (χ2n) is 4.12. The minimum Gasteiger partial charge on any atom is -0.368 e. The van der Waals surface area contributed by atoms with Crippen molar-refractivity contribution in [3.63, 3.8) is 0 Å². The molecule has 1 aromatic carbocycles. The van der Waals surface area contributed by atoms with Crippen LogP contribution in [0.1, 0.15) is 13.8 Å². The van der Waals surface area contributed by atoms with Gasteiger partial charge in [0.05, 0.1) is 10.0 Å². The molecule has 1 heterocycles. The molecule has 2 rings (SSSR count). The normalized spacial score (nSPS) is 10.6. The zero-order chi connectivity index (χ0) is 14.7. The van der Waals surface area contributed by atoms with Crippen LogP contribution in [-0.2, 0) is 0 Å². The highest BCUT2D eigenvalue weighted by molar-refractivity contribution is 6.42. The minimum absolute atomic E-state index is 0.183. The lowest BCUT2D eigenvalue weighted by molar-refractivity contribution is 0.816. The fourth-order valence-corrected chi connectivity index (χ4v) is 2.09. The van der Waals surface area contributed by atoms with Crippen molar-refractivity contribution in [2.45, 2.75) is 13.8 Å². The van der Waals surface area contributed by atoms with E-state index in [2.05, 4.69) is 15.0 Å². The molecule has 0 fully saturated rings. The summed E-state index contributed by atoms with van der Waals surface area (Å²) in [5.74, 6) is 1.23. The summed E-state index contributed by atoms with van der Waals surface area (Å²) >= 11 is 11.9. The first-order valence-corrected chi connectivity index (χ1v) is 7.02. The Morgan fingerprint density at radius 1 is 1.05 bits per heavy atom. The van der Waals surface area contributed by atoms with Crippen LogP contribution in [0.3, 0.4) is 0 Å². The van der Waals surface area contributed by atoms with Crippen molar-refractivity contribution in [1.82, 2.24) is 15.0 Å². The summed E-state index contributed by atoms with van der Waals surface area (Å²) in [6.45, 7) is 5.64. The van der Waals surface area contributed by atoms with Crippen molar-refractivity contribution < 1.29 is 0 Å². The van der Waals surface area contributed by atoms with Gasteiger partial charge in [-0.15, -0.1) is 0 Å². The first-order valence-electron chi connectivity index (χ1n) is 6.27. The van der Waals surface area contributed by atoms with Gasteiger partial charge < -0.3 is 10.6 Å². The molecule has 5 nitrogen and oxygen atoms in total. The minimum atomic E-state index is 0.183. The Morgan fingerprint density at radius 3 is 2.35 bits per heavy atom. The summed E-state index contributed by atoms with van der Waals surface area (Å²) in [5.41, 5.74) is 6.52. The second kappa shape index (κ2) is 6.24. The van der Waals surface area contributed by atoms with Gasteiger partial charge in [0.15, 0.2) is 5.82 Å². The number of hydrogen-bond acceptors (Lipinski definition) is 5. The van der Waals surface area contributed by atoms with E-state index in [0.29, 0.717) is 21.8 Å². The third kappa shape index (κ3) is 3.11. The number of nitrogen functional groups attached to an aromatic ring is 1. The maximum Gasteiger partial charge on any atom is 0.230 e. The Kier molecular flexibility index (Phi) is 4.62. The Morgan fingerprint density at radius 2 is 1.75 bits per heavy atom. The van der Waals surface area contributed by atoms with Crippen molar-refractivity contribution in [2.24, 2.45) is 0 Å². The van der Waals surface area contributed by atoms with Crippen LogP contribution in [0, 0.1) is 0 Å². The van der Waals surface area contributed by atoms with Crippen LogP contribution in [0.2, 0.25) is 10.0 Å². The van der Waals surface area contributed by atoms with Crippen molar-refractivity contribution in [1.29, 1.82) is 0 Å². The average Bonchev–Trinajstić information content (AvgIpc) is 2.42. The molecule has 0 aliphatic rings. The van der Waals surface area contributed by atoms with Crippen LogP contribution >= 0.6 is 23.2 Å². The SMILES string of the molecule is CCN(CC)c1nc(N)nc(-c2ccc(Cl)c(Cl)c2)n1. The molecular weight excluding hydrogens is 297 g/mol. The fraction of sp³-hybridized carbons (Fsp3) is 0.308. The molecule has 1 aromatic heterocycles. The third-order valence-electron chi connectivity index (χ3n) is 2.86. The number of nitrogens with two attached hydrogens (primary N) is 1. The summed E-state index contributed by atoms with van der Waals surface area (Å²) < 4.78 is 0. The zero-order valence-corrected chi connectivity index (χ0v) is 12.8. The van der Waals surface area contributed by atoms with E-state index in [1.165, 1.54) is 0 Å². The second-order valence-corrected chi connectivity index (χ2v) is 4.93. The van der Waals surface area contributed by atoms with Gasteiger partial charge >= 0.3 is 0 Å². The molecule has 0 aliphatic heterocycles. The molecule has 0 radical (unpaired) electrons. The molecule has 0 aliphatic carbocycles. The zero-order valence-electron chi connectivity index (χ0n) is 11.3. The first kappa shape index (κ1) is 14.8. The van der Waals surface area contributed by atoms with Crippen molar-refractivity contribution in [2.75, 3.05) is 23.7 Å². The van der Waals surface area contributed by atoms with Gasteiger partial charge in [-0.1, -0.05) is 23.2 Å². The predicted molar refractivity (Wildman–Crippen MR) is 83.3 cm³/mol. The van der Waals surface area contributed by atoms with Gasteiger partial charge in [0, 0.05) is 18.7 Å². The molecule has 106 valence electrons. The van der Waals surface area contributed by atoms with E-state index < -0.39 is 0 Å². The Hall–Kier alpha value is -1.59. The van der Waals surface area contributed by atoms with Gasteiger partial charge in [-0.25, -0.2) is 0 Å². The van der Waals surface area contributed by atoms with E-state index >= 15 is 0 Å². The van der Waals surface area contributed by atoms with Gasteiger partial charge in [-0.3, -0.25) is 0 Å². The van der Waals surface area contributed by atoms with Crippen LogP contribution in [0.15, 0.2) is 18.2 Å². The fourth-order valence-electron chi connectivity index (χ4n) is 1.79. The third-order valence-corrected chi connectivity index (χ3v) is 3.60. The van der Waals surface area contributed by atoms with E-state index in [-0.39, 0.29) is 5.95 Å². The number of hydrogen-bond donors (Lipinski definition) is 1. The highest BCUT2D eigenvalue weighted by Gasteiger charge is 2.12. The Balaban J connectivity index is 2.48. The van der Waals surface area contributed by atoms with E-state index in [9.17, 15) is 0 Å². The first-order chi connectivity index (χ1) is 9.55. The van der Waals surface area contributed by atoms with E-state index in [0.717, 1.165) is 18.7 Å². The Bertz CT molecular complexity index is 614. The molecule has 0 saturated carbocycles. The monoisotopic (exact) mass is 311 g/mol. The van der Waals surface area contributed by atoms with Gasteiger partial charge in [0.2, 0.25) is 11.9 Å². The standard InChI is InChI=1S/C13H15Cl2N5/c1-3-20(4-2)13-18-11(17-12(16)19-13)8-5-6-9(14)10(15)7-8/h5-7H,3-4H2,1-2H3,(H2,16,17,18,19). The van der Waals surface area contributed by atoms with Crippen molar-refractivity contribution in [3.05, 3.63) is 28.2 Å². The molecule has 0 amide bonds. The van der Waals surface area contributed by atoms with Crippen LogP contribution in [0.5, 0.6) is 0 Å². The summed E-state index contributed by atoms with van der Waals surface area (Å²) in [6.07, 6.45) is 0. The number of benzene rings is 1. The largest absolute Gasteiger partial charge is 0.368 e. The molecule has 2 aromatic rings. The summed E-state index contributed by atoms with van der Waals surface area (Å²) in [7, 11) is 0. The smallest absolute Gasteiger partial charge is 0.230 e. The molecule has 2 N–H and O–H groups in total. The number of nitrogens with zero attached hydrogens (tertiary/aromatic N) is 4. The molecule has 7 heteroatoms. The van der Waals surface area contributed by atoms with Gasteiger partial charge in [0.25, 0.3) is 0 Å². The lowest BCUT2D eigenvalue weighted by atomic mass is 10.2. The maximum absolute atomic E-state index is 6.02. The topological polar surface area (TPSA) is 67.9 Å². The van der Waals surface area contributed by atoms with Crippen LogP contribution < -0.4 is 10.6 Å². The summed E-state index contributed by atoms with van der Waals surface area (Å²) in [6, 6.07) is 5.22. The molecule has 0 unspecified atom stereocenters. The molecule has 20 heavy (non-hydrogen) atoms. The predicted octanol–water partition coefficient (Wildman–Crippen LogP) is 3.27. The van der Waals surface area contributed by atoms with Crippen molar-refractivity contribution in [3.8, 4) is 11.4 Å². The highest BCUT2D eigenvalue weighted by atomic mass is 35.5. The van der Waals surface area contributed by atoms with E-state index in [4.69, 9.17) is 28.9 Å². The molecule has 0 bridgehead atoms. The summed E-state index contributed by atoms with van der Waals surface area (Å²) in [4.78, 5) is 14.8. The van der Waals surface area contributed by atoms with Crippen molar-refractivity contribution >= 4 is 35.1 Å². The van der Waals surface area contributed by atoms with Gasteiger partial charge in [-0.2, -0.15) is 15.0 Å². The van der Waals surface area contributed by atoms with Crippen LogP contribution in [0.4, 0.5) is 11.9 Å². The average molecular weight is 312 g/mol. The van der Waals surface area contributed by atoms with Crippen LogP contribution in [0.25, 0.3) is 11.4 Å². The molecule has 0 atom stereocenters. The number of halogens is 2. The lowest BCUT2D eigenvalue weighted by Gasteiger charge is -2.18. The van der Waals surface area contributed by atoms with Gasteiger partial charge in [-0.05, 0) is 32.0 Å². The van der Waals surface area contributed by atoms with Crippen LogP contribution in [-0.4, -0.2) is 28.0 Å². The maximum atomic E-state index is 6.02. The summed E-state index contributed by atoms with van der Waals surface area (Å²) in [5, 5.41) is 0.939. The highest BCUT2D eigenvalue weighted by Crippen LogP contribution is 2.27. The molecule has 0 saturated heterocycles. The number of rotatable bonds is 4. The van der Waals surface area contributed by atoms with Gasteiger partial charge in [0.1, 0.15) is 0 Å². The number of aromatic nitrogens is 3. The quantitative estimate of drug-likeness (QED) is 0.938. The Labute approximate surface area is 127 Å². The molecule has 0 spiro atoms. The molecular formula is C13H15Cl2N5. The number of anilines is 2. The van der Waals surface area contributed by atoms with E-state index in [1.54, 1.807) is 18.2 Å². The lowest BCUT2D eigenvalue weighted by Crippen LogP contribution is -2.25.